The van der Waals surface area contributed by atoms with E-state index in [0.29, 0.717) is 21.9 Å². The number of nitriles is 1. The molecule has 0 unspecified atom stereocenters. The van der Waals surface area contributed by atoms with Gasteiger partial charge in [0, 0.05) is 11.1 Å². The van der Waals surface area contributed by atoms with Crippen LogP contribution in [0.1, 0.15) is 11.1 Å². The molecule has 0 fully saturated rings. The minimum atomic E-state index is 0.331. The van der Waals surface area contributed by atoms with E-state index in [-0.39, 0.29) is 0 Å². The molecule has 0 aliphatic carbocycles. The first-order chi connectivity index (χ1) is 9.74. The van der Waals surface area contributed by atoms with Crippen molar-refractivity contribution < 1.29 is 4.79 Å². The molecule has 0 radical (unpaired) electrons. The summed E-state index contributed by atoms with van der Waals surface area (Å²) in [6.45, 7) is 0. The molecule has 96 valence electrons. The molecule has 2 rings (SSSR count). The average molecular weight is 280 g/mol. The Morgan fingerprint density at radius 2 is 1.70 bits per heavy atom. The molecule has 20 heavy (non-hydrogen) atoms. The maximum Gasteiger partial charge on any atom is 0.323 e. The van der Waals surface area contributed by atoms with Crippen LogP contribution in [0.2, 0.25) is 5.02 Å². The van der Waals surface area contributed by atoms with Crippen LogP contribution in [0.4, 0.5) is 0 Å². The standard InChI is InChI=1S/C16H10ClN3/c17-15-8-6-12(7-9-15)14(11-18)10-16(20-19)13-4-2-1-3-5-13/h1-10H/b14-10-. The number of hydrogen-bond acceptors (Lipinski definition) is 1. The summed E-state index contributed by atoms with van der Waals surface area (Å²) in [5, 5.41) is 9.85. The zero-order valence-corrected chi connectivity index (χ0v) is 11.2. The van der Waals surface area contributed by atoms with Crippen molar-refractivity contribution in [1.82, 2.24) is 0 Å². The molecule has 0 bridgehead atoms. The van der Waals surface area contributed by atoms with Crippen LogP contribution in [0.5, 0.6) is 0 Å². The zero-order chi connectivity index (χ0) is 14.4. The number of benzene rings is 2. The highest BCUT2D eigenvalue weighted by Crippen LogP contribution is 2.17. The summed E-state index contributed by atoms with van der Waals surface area (Å²) in [5.41, 5.74) is 11.3. The molecule has 0 aromatic heterocycles. The Morgan fingerprint density at radius 3 is 2.25 bits per heavy atom. The molecule has 2 aromatic rings. The van der Waals surface area contributed by atoms with Gasteiger partial charge in [-0.1, -0.05) is 41.9 Å². The normalized spacial score (nSPS) is 10.5. The molecule has 0 aliphatic rings. The lowest BCUT2D eigenvalue weighted by molar-refractivity contribution is -0.00209. The van der Waals surface area contributed by atoms with Crippen LogP contribution in [0.25, 0.3) is 11.1 Å². The van der Waals surface area contributed by atoms with E-state index in [1.807, 2.05) is 30.3 Å². The summed E-state index contributed by atoms with van der Waals surface area (Å²) < 4.78 is 0. The Morgan fingerprint density at radius 1 is 1.05 bits per heavy atom. The highest BCUT2D eigenvalue weighted by Gasteiger charge is 2.11. The maximum atomic E-state index is 9.25. The molecule has 0 amide bonds. The van der Waals surface area contributed by atoms with Crippen molar-refractivity contribution in [2.75, 3.05) is 0 Å². The third kappa shape index (κ3) is 3.21. The van der Waals surface area contributed by atoms with Crippen molar-refractivity contribution in [1.29, 1.82) is 5.26 Å². The van der Waals surface area contributed by atoms with Crippen LogP contribution in [0, 0.1) is 11.3 Å². The van der Waals surface area contributed by atoms with Crippen molar-refractivity contribution in [3.63, 3.8) is 0 Å². The Hall–Kier alpha value is -2.66. The fourth-order valence-corrected chi connectivity index (χ4v) is 1.85. The van der Waals surface area contributed by atoms with Crippen LogP contribution < -0.4 is 0 Å². The second-order valence-corrected chi connectivity index (χ2v) is 4.46. The lowest BCUT2D eigenvalue weighted by atomic mass is 10.0. The van der Waals surface area contributed by atoms with Gasteiger partial charge in [-0.3, -0.25) is 0 Å². The third-order valence-corrected chi connectivity index (χ3v) is 2.99. The van der Waals surface area contributed by atoms with Crippen LogP contribution in [0.15, 0.2) is 60.7 Å². The zero-order valence-electron chi connectivity index (χ0n) is 10.5. The summed E-state index contributed by atoms with van der Waals surface area (Å²) in [6.07, 6.45) is 1.54. The lowest BCUT2D eigenvalue weighted by Crippen LogP contribution is -1.99. The molecular formula is C16H10ClN3. The van der Waals surface area contributed by atoms with Gasteiger partial charge in [-0.15, -0.1) is 0 Å². The largest absolute Gasteiger partial charge is 0.361 e. The van der Waals surface area contributed by atoms with Crippen molar-refractivity contribution in [2.45, 2.75) is 0 Å². The summed E-state index contributed by atoms with van der Waals surface area (Å²) in [5.74, 6) is 0. The Bertz CT molecular complexity index is 719. The Balaban J connectivity index is 2.43. The highest BCUT2D eigenvalue weighted by atomic mass is 35.5. The molecule has 0 aliphatic heterocycles. The van der Waals surface area contributed by atoms with Gasteiger partial charge >= 0.3 is 5.71 Å². The molecule has 0 saturated carbocycles. The Kier molecular flexibility index (Phi) is 4.47. The molecule has 0 heterocycles. The van der Waals surface area contributed by atoms with Gasteiger partial charge in [0.1, 0.15) is 6.07 Å². The van der Waals surface area contributed by atoms with E-state index in [9.17, 15) is 5.26 Å². The predicted molar refractivity (Wildman–Crippen MR) is 79.2 cm³/mol. The minimum Gasteiger partial charge on any atom is -0.361 e. The van der Waals surface area contributed by atoms with E-state index >= 15 is 0 Å². The second kappa shape index (κ2) is 6.49. The average Bonchev–Trinajstić information content (AvgIpc) is 2.51. The van der Waals surface area contributed by atoms with E-state index in [1.165, 1.54) is 0 Å². The number of nitrogens with zero attached hydrogens (tertiary/aromatic N) is 3. The Labute approximate surface area is 122 Å². The summed E-state index contributed by atoms with van der Waals surface area (Å²) >= 11 is 5.82. The van der Waals surface area contributed by atoms with Gasteiger partial charge < -0.3 is 5.53 Å². The first kappa shape index (κ1) is 13.8. The third-order valence-electron chi connectivity index (χ3n) is 2.73. The van der Waals surface area contributed by atoms with Gasteiger partial charge in [-0.25, -0.2) is 0 Å². The molecule has 2 aromatic carbocycles. The van der Waals surface area contributed by atoms with E-state index in [2.05, 4.69) is 10.9 Å². The molecule has 4 heteroatoms. The maximum absolute atomic E-state index is 9.25. The van der Waals surface area contributed by atoms with Gasteiger partial charge in [-0.05, 0) is 29.8 Å². The van der Waals surface area contributed by atoms with Gasteiger partial charge in [0.25, 0.3) is 0 Å². The fourth-order valence-electron chi connectivity index (χ4n) is 1.73. The molecule has 0 saturated heterocycles. The van der Waals surface area contributed by atoms with Crippen molar-refractivity contribution in [3.8, 4) is 6.07 Å². The quantitative estimate of drug-likeness (QED) is 0.363. The van der Waals surface area contributed by atoms with Gasteiger partial charge in [0.05, 0.1) is 11.1 Å². The summed E-state index contributed by atoms with van der Waals surface area (Å²) in [6, 6.07) is 18.2. The monoisotopic (exact) mass is 279 g/mol. The van der Waals surface area contributed by atoms with Crippen molar-refractivity contribution in [3.05, 3.63) is 82.4 Å². The van der Waals surface area contributed by atoms with E-state index < -0.39 is 0 Å². The lowest BCUT2D eigenvalue weighted by Gasteiger charge is -1.98. The first-order valence-corrected chi connectivity index (χ1v) is 6.27. The first-order valence-electron chi connectivity index (χ1n) is 5.90. The topological polar surface area (TPSA) is 60.2 Å². The van der Waals surface area contributed by atoms with E-state index in [4.69, 9.17) is 17.1 Å². The van der Waals surface area contributed by atoms with Crippen LogP contribution in [-0.2, 0) is 0 Å². The SMILES string of the molecule is N#C/C(=C/C(=[N+]=[N-])c1ccccc1)c1ccc(Cl)cc1. The van der Waals surface area contributed by atoms with Crippen LogP contribution >= 0.6 is 11.6 Å². The molecule has 0 atom stereocenters. The number of allylic oxidation sites excluding steroid dienone is 2. The highest BCUT2D eigenvalue weighted by molar-refractivity contribution is 6.30. The summed E-state index contributed by atoms with van der Waals surface area (Å²) in [4.78, 5) is 3.25. The number of rotatable bonds is 3. The van der Waals surface area contributed by atoms with Gasteiger partial charge in [0.15, 0.2) is 0 Å². The number of halogens is 1. The van der Waals surface area contributed by atoms with Crippen LogP contribution in [0.3, 0.4) is 0 Å². The van der Waals surface area contributed by atoms with Gasteiger partial charge in [-0.2, -0.15) is 10.1 Å². The minimum absolute atomic E-state index is 0.331. The van der Waals surface area contributed by atoms with E-state index in [0.717, 1.165) is 5.56 Å². The molecule has 0 spiro atoms. The van der Waals surface area contributed by atoms with E-state index in [1.54, 1.807) is 30.3 Å². The van der Waals surface area contributed by atoms with Crippen LogP contribution in [-0.4, -0.2) is 10.5 Å². The van der Waals surface area contributed by atoms with Crippen molar-refractivity contribution in [2.24, 2.45) is 0 Å². The number of hydrogen-bond donors (Lipinski definition) is 0. The molecule has 3 nitrogen and oxygen atoms in total. The molecule has 0 N–H and O–H groups in total. The second-order valence-electron chi connectivity index (χ2n) is 4.03. The molecular weight excluding hydrogens is 270 g/mol. The predicted octanol–water partition coefficient (Wildman–Crippen LogP) is 3.97. The fraction of sp³-hybridized carbons (Fsp3) is 0. The smallest absolute Gasteiger partial charge is 0.323 e. The summed E-state index contributed by atoms with van der Waals surface area (Å²) in [7, 11) is 0. The van der Waals surface area contributed by atoms with Crippen molar-refractivity contribution >= 4 is 22.9 Å². The van der Waals surface area contributed by atoms with Gasteiger partial charge in [0.2, 0.25) is 0 Å².